The fourth-order valence-corrected chi connectivity index (χ4v) is 3.10. The zero-order valence-corrected chi connectivity index (χ0v) is 12.6. The number of fused-ring (bicyclic) bond motifs is 1. The van der Waals surface area contributed by atoms with E-state index in [1.807, 2.05) is 12.1 Å². The molecule has 0 spiro atoms. The van der Waals surface area contributed by atoms with Crippen molar-refractivity contribution in [2.24, 2.45) is 0 Å². The van der Waals surface area contributed by atoms with Gasteiger partial charge in [-0.1, -0.05) is 55.0 Å². The number of rotatable bonds is 3. The highest BCUT2D eigenvalue weighted by Crippen LogP contribution is 2.31. The molecule has 0 aromatic heterocycles. The van der Waals surface area contributed by atoms with Gasteiger partial charge < -0.3 is 4.74 Å². The van der Waals surface area contributed by atoms with Crippen LogP contribution >= 0.6 is 0 Å². The van der Waals surface area contributed by atoms with E-state index >= 15 is 0 Å². The topological polar surface area (TPSA) is 9.23 Å². The highest BCUT2D eigenvalue weighted by molar-refractivity contribution is 5.52. The van der Waals surface area contributed by atoms with Gasteiger partial charge in [0, 0.05) is 5.92 Å². The molecule has 0 unspecified atom stereocenters. The quantitative estimate of drug-likeness (QED) is 0.699. The molecule has 108 valence electrons. The van der Waals surface area contributed by atoms with Crippen LogP contribution in [0.3, 0.4) is 0 Å². The molecule has 0 radical (unpaired) electrons. The van der Waals surface area contributed by atoms with Crippen molar-refractivity contribution in [3.8, 4) is 5.75 Å². The van der Waals surface area contributed by atoms with E-state index in [1.165, 1.54) is 42.4 Å². The second kappa shape index (κ2) is 6.62. The zero-order chi connectivity index (χ0) is 14.5. The van der Waals surface area contributed by atoms with Crippen LogP contribution in [-0.2, 0) is 6.42 Å². The third-order valence-electron chi connectivity index (χ3n) is 4.30. The monoisotopic (exact) mass is 278 g/mol. The molecule has 0 amide bonds. The summed E-state index contributed by atoms with van der Waals surface area (Å²) in [6, 6.07) is 17.2. The molecule has 1 aliphatic rings. The van der Waals surface area contributed by atoms with Crippen LogP contribution in [0.1, 0.15) is 41.9 Å². The Hall–Kier alpha value is -2.02. The summed E-state index contributed by atoms with van der Waals surface area (Å²) in [5.41, 5.74) is 4.27. The van der Waals surface area contributed by atoms with Crippen molar-refractivity contribution in [3.05, 3.63) is 71.3 Å². The predicted octanol–water partition coefficient (Wildman–Crippen LogP) is 5.22. The van der Waals surface area contributed by atoms with Crippen LogP contribution in [0.4, 0.5) is 0 Å². The van der Waals surface area contributed by atoms with Crippen LogP contribution in [0.25, 0.3) is 6.08 Å². The van der Waals surface area contributed by atoms with Gasteiger partial charge in [-0.15, -0.1) is 0 Å². The van der Waals surface area contributed by atoms with Gasteiger partial charge in [0.05, 0.1) is 7.11 Å². The van der Waals surface area contributed by atoms with Crippen LogP contribution in [0.5, 0.6) is 5.75 Å². The first-order valence-electron chi connectivity index (χ1n) is 7.77. The van der Waals surface area contributed by atoms with Crippen molar-refractivity contribution < 1.29 is 4.74 Å². The third kappa shape index (κ3) is 3.36. The summed E-state index contributed by atoms with van der Waals surface area (Å²) in [4.78, 5) is 0. The summed E-state index contributed by atoms with van der Waals surface area (Å²) in [5.74, 6) is 1.46. The average molecular weight is 278 g/mol. The van der Waals surface area contributed by atoms with Gasteiger partial charge in [0.2, 0.25) is 0 Å². The lowest BCUT2D eigenvalue weighted by Gasteiger charge is -2.13. The standard InChI is InChI=1S/C20H22O/c1-21-19-14-11-16(12-15-19)10-13-18-8-3-2-6-17-7-4-5-9-20(17)18/h4-5,7,9-15,18H,2-3,6,8H2,1H3/b13-10+/t18-/m0/s1. The Balaban J connectivity index is 1.81. The van der Waals surface area contributed by atoms with E-state index in [2.05, 4.69) is 48.6 Å². The minimum atomic E-state index is 0.547. The van der Waals surface area contributed by atoms with Gasteiger partial charge in [-0.05, 0) is 48.1 Å². The Kier molecular flexibility index (Phi) is 4.40. The Labute approximate surface area is 127 Å². The second-order valence-corrected chi connectivity index (χ2v) is 5.68. The molecular weight excluding hydrogens is 256 g/mol. The van der Waals surface area contributed by atoms with Crippen LogP contribution < -0.4 is 4.74 Å². The fraction of sp³-hybridized carbons (Fsp3) is 0.300. The van der Waals surface area contributed by atoms with Crippen LogP contribution in [0.2, 0.25) is 0 Å². The van der Waals surface area contributed by atoms with E-state index in [1.54, 1.807) is 7.11 Å². The maximum Gasteiger partial charge on any atom is 0.118 e. The Morgan fingerprint density at radius 2 is 1.81 bits per heavy atom. The first-order chi connectivity index (χ1) is 10.4. The van der Waals surface area contributed by atoms with Crippen LogP contribution in [0.15, 0.2) is 54.6 Å². The maximum absolute atomic E-state index is 5.20. The minimum absolute atomic E-state index is 0.547. The molecule has 1 heteroatoms. The molecule has 0 bridgehead atoms. The van der Waals surface area contributed by atoms with Crippen molar-refractivity contribution in [1.82, 2.24) is 0 Å². The third-order valence-corrected chi connectivity index (χ3v) is 4.30. The number of aryl methyl sites for hydroxylation is 1. The van der Waals surface area contributed by atoms with Gasteiger partial charge in [-0.3, -0.25) is 0 Å². The smallest absolute Gasteiger partial charge is 0.118 e. The van der Waals surface area contributed by atoms with Gasteiger partial charge in [0.15, 0.2) is 0 Å². The summed E-state index contributed by atoms with van der Waals surface area (Å²) < 4.78 is 5.20. The number of benzene rings is 2. The van der Waals surface area contributed by atoms with Gasteiger partial charge in [0.1, 0.15) is 5.75 Å². The molecule has 2 aromatic carbocycles. The fourth-order valence-electron chi connectivity index (χ4n) is 3.10. The van der Waals surface area contributed by atoms with Gasteiger partial charge in [-0.25, -0.2) is 0 Å². The summed E-state index contributed by atoms with van der Waals surface area (Å²) in [5, 5.41) is 0. The molecule has 1 aliphatic carbocycles. The molecule has 2 aromatic rings. The molecule has 3 rings (SSSR count). The number of ether oxygens (including phenoxy) is 1. The lowest BCUT2D eigenvalue weighted by molar-refractivity contribution is 0.415. The molecule has 1 nitrogen and oxygen atoms in total. The SMILES string of the molecule is COc1ccc(/C=C/[C@@H]2CCCCc3ccccc32)cc1. The largest absolute Gasteiger partial charge is 0.497 e. The van der Waals surface area contributed by atoms with Gasteiger partial charge in [0.25, 0.3) is 0 Å². The number of methoxy groups -OCH3 is 1. The first-order valence-corrected chi connectivity index (χ1v) is 7.77. The van der Waals surface area contributed by atoms with Crippen molar-refractivity contribution in [2.75, 3.05) is 7.11 Å². The molecular formula is C20H22O. The summed E-state index contributed by atoms with van der Waals surface area (Å²) >= 11 is 0. The van der Waals surface area contributed by atoms with Gasteiger partial charge in [-0.2, -0.15) is 0 Å². The molecule has 0 aliphatic heterocycles. The van der Waals surface area contributed by atoms with Crippen molar-refractivity contribution in [1.29, 1.82) is 0 Å². The Morgan fingerprint density at radius 1 is 1.00 bits per heavy atom. The van der Waals surface area contributed by atoms with E-state index < -0.39 is 0 Å². The van der Waals surface area contributed by atoms with E-state index in [9.17, 15) is 0 Å². The zero-order valence-electron chi connectivity index (χ0n) is 12.6. The minimum Gasteiger partial charge on any atom is -0.497 e. The Morgan fingerprint density at radius 3 is 2.62 bits per heavy atom. The molecule has 1 atom stereocenters. The number of hydrogen-bond acceptors (Lipinski definition) is 1. The molecule has 21 heavy (non-hydrogen) atoms. The van der Waals surface area contributed by atoms with Crippen LogP contribution in [-0.4, -0.2) is 7.11 Å². The van der Waals surface area contributed by atoms with Crippen molar-refractivity contribution in [3.63, 3.8) is 0 Å². The molecule has 0 heterocycles. The highest BCUT2D eigenvalue weighted by Gasteiger charge is 2.15. The lowest BCUT2D eigenvalue weighted by Crippen LogP contribution is -1.96. The number of hydrogen-bond donors (Lipinski definition) is 0. The van der Waals surface area contributed by atoms with E-state index in [-0.39, 0.29) is 0 Å². The van der Waals surface area contributed by atoms with E-state index in [4.69, 9.17) is 4.74 Å². The maximum atomic E-state index is 5.20. The second-order valence-electron chi connectivity index (χ2n) is 5.68. The average Bonchev–Trinajstić information content (AvgIpc) is 2.76. The van der Waals surface area contributed by atoms with Crippen molar-refractivity contribution in [2.45, 2.75) is 31.6 Å². The molecule has 0 fully saturated rings. The normalized spacial score (nSPS) is 18.2. The Bertz CT molecular complexity index is 610. The first kappa shape index (κ1) is 13.9. The summed E-state index contributed by atoms with van der Waals surface area (Å²) in [6.45, 7) is 0. The molecule has 0 N–H and O–H groups in total. The molecule has 0 saturated heterocycles. The lowest BCUT2D eigenvalue weighted by atomic mass is 9.92. The number of allylic oxidation sites excluding steroid dienone is 1. The summed E-state index contributed by atoms with van der Waals surface area (Å²) in [7, 11) is 1.70. The predicted molar refractivity (Wildman–Crippen MR) is 88.8 cm³/mol. The van der Waals surface area contributed by atoms with Gasteiger partial charge >= 0.3 is 0 Å². The highest BCUT2D eigenvalue weighted by atomic mass is 16.5. The summed E-state index contributed by atoms with van der Waals surface area (Å²) in [6.07, 6.45) is 9.71. The van der Waals surface area contributed by atoms with E-state index in [0.717, 1.165) is 5.75 Å². The molecule has 0 saturated carbocycles. The van der Waals surface area contributed by atoms with Crippen LogP contribution in [0, 0.1) is 0 Å². The van der Waals surface area contributed by atoms with E-state index in [0.29, 0.717) is 5.92 Å². The van der Waals surface area contributed by atoms with Crippen molar-refractivity contribution >= 4 is 6.08 Å².